The number of aryl methyl sites for hydroxylation is 2. The summed E-state index contributed by atoms with van der Waals surface area (Å²) in [7, 11) is 0. The molecule has 2 N–H and O–H groups in total. The van der Waals surface area contributed by atoms with Gasteiger partial charge in [0.05, 0.1) is 5.25 Å². The standard InChI is InChI=1S/C24H23FN2O2S/c1-15-4-9-21(14-16(15)2)27-23(28)17(3)30-22-12-10-20(11-13-22)26-24(29)18-5-7-19(25)8-6-18/h4-14,17H,1-3H3,(H,26,29)(H,27,28). The first-order chi connectivity index (χ1) is 14.3. The summed E-state index contributed by atoms with van der Waals surface area (Å²) < 4.78 is 13.0. The fourth-order valence-electron chi connectivity index (χ4n) is 2.74. The molecule has 3 aromatic rings. The normalized spacial score (nSPS) is 11.6. The lowest BCUT2D eigenvalue weighted by molar-refractivity contribution is -0.115. The summed E-state index contributed by atoms with van der Waals surface area (Å²) in [6, 6.07) is 18.5. The Balaban J connectivity index is 1.56. The monoisotopic (exact) mass is 422 g/mol. The summed E-state index contributed by atoms with van der Waals surface area (Å²) in [6.45, 7) is 5.90. The minimum absolute atomic E-state index is 0.0723. The highest BCUT2D eigenvalue weighted by Gasteiger charge is 2.15. The number of anilines is 2. The molecule has 0 fully saturated rings. The van der Waals surface area contributed by atoms with Crippen molar-refractivity contribution >= 4 is 35.0 Å². The van der Waals surface area contributed by atoms with Gasteiger partial charge in [0.1, 0.15) is 5.82 Å². The summed E-state index contributed by atoms with van der Waals surface area (Å²) >= 11 is 1.44. The van der Waals surface area contributed by atoms with E-state index in [0.717, 1.165) is 16.1 Å². The molecule has 154 valence electrons. The number of hydrogen-bond donors (Lipinski definition) is 2. The van der Waals surface area contributed by atoms with Crippen LogP contribution < -0.4 is 10.6 Å². The lowest BCUT2D eigenvalue weighted by Gasteiger charge is -2.13. The zero-order chi connectivity index (χ0) is 21.7. The van der Waals surface area contributed by atoms with Gasteiger partial charge in [-0.25, -0.2) is 4.39 Å². The number of benzene rings is 3. The van der Waals surface area contributed by atoms with Gasteiger partial charge in [-0.05, 0) is 92.6 Å². The number of halogens is 1. The summed E-state index contributed by atoms with van der Waals surface area (Å²) in [5, 5.41) is 5.43. The molecule has 0 heterocycles. The van der Waals surface area contributed by atoms with E-state index in [1.165, 1.54) is 41.6 Å². The molecular formula is C24H23FN2O2S. The van der Waals surface area contributed by atoms with Crippen LogP contribution in [0.4, 0.5) is 15.8 Å². The zero-order valence-electron chi connectivity index (χ0n) is 17.0. The Morgan fingerprint density at radius 2 is 1.47 bits per heavy atom. The van der Waals surface area contributed by atoms with E-state index in [1.54, 1.807) is 12.1 Å². The van der Waals surface area contributed by atoms with Crippen LogP contribution in [0.3, 0.4) is 0 Å². The number of nitrogens with one attached hydrogen (secondary N) is 2. The van der Waals surface area contributed by atoms with E-state index < -0.39 is 0 Å². The molecule has 0 aliphatic heterocycles. The van der Waals surface area contributed by atoms with Gasteiger partial charge in [0.15, 0.2) is 0 Å². The van der Waals surface area contributed by atoms with Crippen molar-refractivity contribution in [3.63, 3.8) is 0 Å². The van der Waals surface area contributed by atoms with E-state index in [1.807, 2.05) is 51.1 Å². The molecule has 4 nitrogen and oxygen atoms in total. The van der Waals surface area contributed by atoms with Crippen LogP contribution in [0.2, 0.25) is 0 Å². The smallest absolute Gasteiger partial charge is 0.255 e. The molecule has 30 heavy (non-hydrogen) atoms. The van der Waals surface area contributed by atoms with Gasteiger partial charge in [0.2, 0.25) is 5.91 Å². The number of thioether (sulfide) groups is 1. The maximum atomic E-state index is 13.0. The van der Waals surface area contributed by atoms with Crippen molar-refractivity contribution in [3.8, 4) is 0 Å². The second kappa shape index (κ2) is 9.59. The third-order valence-electron chi connectivity index (χ3n) is 4.68. The fraction of sp³-hybridized carbons (Fsp3) is 0.167. The fourth-order valence-corrected chi connectivity index (χ4v) is 3.61. The average Bonchev–Trinajstić information content (AvgIpc) is 2.72. The molecule has 1 unspecified atom stereocenters. The van der Waals surface area contributed by atoms with Crippen molar-refractivity contribution in [2.75, 3.05) is 10.6 Å². The quantitative estimate of drug-likeness (QED) is 0.493. The first kappa shape index (κ1) is 21.6. The van der Waals surface area contributed by atoms with Gasteiger partial charge in [0, 0.05) is 21.8 Å². The van der Waals surface area contributed by atoms with Crippen LogP contribution in [0.15, 0.2) is 71.6 Å². The molecule has 0 bridgehead atoms. The number of carbonyl (C=O) groups excluding carboxylic acids is 2. The molecule has 3 aromatic carbocycles. The second-order valence-electron chi connectivity index (χ2n) is 7.03. The molecule has 0 saturated heterocycles. The molecule has 1 atom stereocenters. The van der Waals surface area contributed by atoms with Crippen molar-refractivity contribution in [3.05, 3.63) is 89.2 Å². The predicted molar refractivity (Wildman–Crippen MR) is 121 cm³/mol. The minimum Gasteiger partial charge on any atom is -0.325 e. The van der Waals surface area contributed by atoms with Crippen LogP contribution in [0, 0.1) is 19.7 Å². The van der Waals surface area contributed by atoms with Crippen LogP contribution in [-0.4, -0.2) is 17.1 Å². The molecule has 3 rings (SSSR count). The van der Waals surface area contributed by atoms with Gasteiger partial charge < -0.3 is 10.6 Å². The van der Waals surface area contributed by atoms with Crippen molar-refractivity contribution < 1.29 is 14.0 Å². The molecule has 0 aliphatic carbocycles. The number of carbonyl (C=O) groups is 2. The second-order valence-corrected chi connectivity index (χ2v) is 8.45. The highest BCUT2D eigenvalue weighted by molar-refractivity contribution is 8.00. The van der Waals surface area contributed by atoms with Crippen molar-refractivity contribution in [2.45, 2.75) is 30.9 Å². The van der Waals surface area contributed by atoms with Gasteiger partial charge in [-0.15, -0.1) is 11.8 Å². The SMILES string of the molecule is Cc1ccc(NC(=O)C(C)Sc2ccc(NC(=O)c3ccc(F)cc3)cc2)cc1C. The number of amides is 2. The molecule has 0 spiro atoms. The Morgan fingerprint density at radius 1 is 0.833 bits per heavy atom. The van der Waals surface area contributed by atoms with E-state index in [2.05, 4.69) is 10.6 Å². The molecule has 0 radical (unpaired) electrons. The lowest BCUT2D eigenvalue weighted by Crippen LogP contribution is -2.22. The van der Waals surface area contributed by atoms with E-state index in [9.17, 15) is 14.0 Å². The first-order valence-electron chi connectivity index (χ1n) is 9.53. The highest BCUT2D eigenvalue weighted by Crippen LogP contribution is 2.26. The number of hydrogen-bond acceptors (Lipinski definition) is 3. The Labute approximate surface area is 179 Å². The van der Waals surface area contributed by atoms with E-state index in [-0.39, 0.29) is 22.9 Å². The highest BCUT2D eigenvalue weighted by atomic mass is 32.2. The van der Waals surface area contributed by atoms with E-state index in [4.69, 9.17) is 0 Å². The van der Waals surface area contributed by atoms with Gasteiger partial charge in [0.25, 0.3) is 5.91 Å². The van der Waals surface area contributed by atoms with Gasteiger partial charge in [-0.2, -0.15) is 0 Å². The maximum absolute atomic E-state index is 13.0. The van der Waals surface area contributed by atoms with Gasteiger partial charge >= 0.3 is 0 Å². The molecule has 0 aromatic heterocycles. The lowest BCUT2D eigenvalue weighted by atomic mass is 10.1. The largest absolute Gasteiger partial charge is 0.325 e. The third-order valence-corrected chi connectivity index (χ3v) is 5.79. The zero-order valence-corrected chi connectivity index (χ0v) is 17.8. The van der Waals surface area contributed by atoms with Gasteiger partial charge in [-0.1, -0.05) is 6.07 Å². The molecule has 0 saturated carbocycles. The van der Waals surface area contributed by atoms with E-state index in [0.29, 0.717) is 11.3 Å². The van der Waals surface area contributed by atoms with E-state index >= 15 is 0 Å². The van der Waals surface area contributed by atoms with Crippen molar-refractivity contribution in [1.29, 1.82) is 0 Å². The molecule has 6 heteroatoms. The average molecular weight is 423 g/mol. The third kappa shape index (κ3) is 5.70. The Kier molecular flexibility index (Phi) is 6.90. The summed E-state index contributed by atoms with van der Waals surface area (Å²) in [6.07, 6.45) is 0. The Hall–Kier alpha value is -3.12. The topological polar surface area (TPSA) is 58.2 Å². The maximum Gasteiger partial charge on any atom is 0.255 e. The summed E-state index contributed by atoms with van der Waals surface area (Å²) in [5.74, 6) is -0.767. The number of rotatable bonds is 6. The van der Waals surface area contributed by atoms with Crippen LogP contribution in [0.25, 0.3) is 0 Å². The van der Waals surface area contributed by atoms with Gasteiger partial charge in [-0.3, -0.25) is 9.59 Å². The van der Waals surface area contributed by atoms with Crippen LogP contribution in [0.1, 0.15) is 28.4 Å². The predicted octanol–water partition coefficient (Wildman–Crippen LogP) is 5.81. The molecule has 2 amide bonds. The molecule has 0 aliphatic rings. The Bertz CT molecular complexity index is 1050. The summed E-state index contributed by atoms with van der Waals surface area (Å²) in [5.41, 5.74) is 4.11. The van der Waals surface area contributed by atoms with Crippen LogP contribution >= 0.6 is 11.8 Å². The van der Waals surface area contributed by atoms with Crippen molar-refractivity contribution in [1.82, 2.24) is 0 Å². The van der Waals surface area contributed by atoms with Crippen LogP contribution in [-0.2, 0) is 4.79 Å². The Morgan fingerprint density at radius 3 is 2.10 bits per heavy atom. The summed E-state index contributed by atoms with van der Waals surface area (Å²) in [4.78, 5) is 25.6. The first-order valence-corrected chi connectivity index (χ1v) is 10.4. The minimum atomic E-state index is -0.386. The van der Waals surface area contributed by atoms with Crippen molar-refractivity contribution in [2.24, 2.45) is 0 Å². The van der Waals surface area contributed by atoms with Crippen LogP contribution in [0.5, 0.6) is 0 Å². The molecular weight excluding hydrogens is 399 g/mol.